The van der Waals surface area contributed by atoms with Crippen molar-refractivity contribution in [1.29, 1.82) is 0 Å². The van der Waals surface area contributed by atoms with Crippen molar-refractivity contribution >= 4 is 0 Å². The van der Waals surface area contributed by atoms with Crippen LogP contribution in [-0.4, -0.2) is 31.1 Å². The van der Waals surface area contributed by atoms with Crippen LogP contribution in [0.25, 0.3) is 0 Å². The highest BCUT2D eigenvalue weighted by Crippen LogP contribution is 2.28. The van der Waals surface area contributed by atoms with Gasteiger partial charge in [-0.1, -0.05) is 24.6 Å². The molecule has 2 N–H and O–H groups in total. The molecule has 2 rings (SSSR count). The molecule has 3 nitrogen and oxygen atoms in total. The SMILES string of the molecule is COc1ccc(C)cc1C(N)CN1CCC(C)CC1C. The lowest BCUT2D eigenvalue weighted by atomic mass is 9.92. The Bertz CT molecular complexity index is 447. The number of nitrogens with zero attached hydrogens (tertiary/aromatic N) is 1. The molecule has 3 heteroatoms. The van der Waals surface area contributed by atoms with Crippen molar-refractivity contribution in [3.63, 3.8) is 0 Å². The zero-order valence-corrected chi connectivity index (χ0v) is 13.2. The molecule has 0 radical (unpaired) electrons. The first-order valence-corrected chi connectivity index (χ1v) is 7.65. The number of aryl methyl sites for hydroxylation is 1. The maximum atomic E-state index is 6.45. The summed E-state index contributed by atoms with van der Waals surface area (Å²) in [7, 11) is 1.71. The van der Waals surface area contributed by atoms with Crippen LogP contribution in [0.15, 0.2) is 18.2 Å². The minimum atomic E-state index is 0.0145. The van der Waals surface area contributed by atoms with E-state index in [1.165, 1.54) is 18.4 Å². The van der Waals surface area contributed by atoms with E-state index in [1.807, 2.05) is 6.07 Å². The Morgan fingerprint density at radius 3 is 2.80 bits per heavy atom. The van der Waals surface area contributed by atoms with Gasteiger partial charge in [0.25, 0.3) is 0 Å². The quantitative estimate of drug-likeness (QED) is 0.918. The Kier molecular flexibility index (Phi) is 5.06. The lowest BCUT2D eigenvalue weighted by molar-refractivity contribution is 0.122. The second-order valence-electron chi connectivity index (χ2n) is 6.33. The molecule has 3 atom stereocenters. The first kappa shape index (κ1) is 15.3. The molecule has 0 spiro atoms. The minimum absolute atomic E-state index is 0.0145. The molecule has 1 aliphatic heterocycles. The maximum Gasteiger partial charge on any atom is 0.123 e. The summed E-state index contributed by atoms with van der Waals surface area (Å²) in [6, 6.07) is 6.88. The van der Waals surface area contributed by atoms with E-state index in [1.54, 1.807) is 7.11 Å². The summed E-state index contributed by atoms with van der Waals surface area (Å²) in [4.78, 5) is 2.52. The summed E-state index contributed by atoms with van der Waals surface area (Å²) in [5.74, 6) is 1.74. The van der Waals surface area contributed by atoms with Gasteiger partial charge < -0.3 is 10.5 Å². The summed E-state index contributed by atoms with van der Waals surface area (Å²) in [6.45, 7) is 8.83. The number of likely N-dealkylation sites (tertiary alicyclic amines) is 1. The van der Waals surface area contributed by atoms with Crippen LogP contribution in [0.4, 0.5) is 0 Å². The predicted molar refractivity (Wildman–Crippen MR) is 84.1 cm³/mol. The largest absolute Gasteiger partial charge is 0.496 e. The van der Waals surface area contributed by atoms with Crippen molar-refractivity contribution in [2.45, 2.75) is 45.7 Å². The van der Waals surface area contributed by atoms with E-state index < -0.39 is 0 Å². The monoisotopic (exact) mass is 276 g/mol. The third kappa shape index (κ3) is 3.53. The Morgan fingerprint density at radius 2 is 2.15 bits per heavy atom. The van der Waals surface area contributed by atoms with E-state index in [4.69, 9.17) is 10.5 Å². The van der Waals surface area contributed by atoms with Gasteiger partial charge in [0.1, 0.15) is 5.75 Å². The predicted octanol–water partition coefficient (Wildman–Crippen LogP) is 3.12. The van der Waals surface area contributed by atoms with Gasteiger partial charge in [0.05, 0.1) is 7.11 Å². The Labute approximate surface area is 123 Å². The van der Waals surface area contributed by atoms with Crippen molar-refractivity contribution in [1.82, 2.24) is 4.90 Å². The first-order chi connectivity index (χ1) is 9.51. The van der Waals surface area contributed by atoms with E-state index >= 15 is 0 Å². The highest BCUT2D eigenvalue weighted by molar-refractivity contribution is 5.39. The average molecular weight is 276 g/mol. The molecule has 0 aliphatic carbocycles. The molecule has 0 saturated carbocycles. The van der Waals surface area contributed by atoms with Crippen LogP contribution in [0.1, 0.15) is 43.9 Å². The van der Waals surface area contributed by atoms with E-state index in [2.05, 4.69) is 37.8 Å². The molecule has 1 heterocycles. The lowest BCUT2D eigenvalue weighted by Gasteiger charge is -2.38. The van der Waals surface area contributed by atoms with Crippen LogP contribution in [-0.2, 0) is 0 Å². The summed E-state index contributed by atoms with van der Waals surface area (Å²) < 4.78 is 5.46. The molecule has 0 aromatic heterocycles. The van der Waals surface area contributed by atoms with Gasteiger partial charge in [0.15, 0.2) is 0 Å². The zero-order chi connectivity index (χ0) is 14.7. The van der Waals surface area contributed by atoms with Crippen LogP contribution >= 0.6 is 0 Å². The van der Waals surface area contributed by atoms with Crippen molar-refractivity contribution in [3.05, 3.63) is 29.3 Å². The standard InChI is InChI=1S/C17H28N2O/c1-12-5-6-17(20-4)15(10-12)16(18)11-19-8-7-13(2)9-14(19)3/h5-6,10,13-14,16H,7-9,11,18H2,1-4H3. The fourth-order valence-electron chi connectivity index (χ4n) is 3.22. The van der Waals surface area contributed by atoms with E-state index in [9.17, 15) is 0 Å². The van der Waals surface area contributed by atoms with Gasteiger partial charge >= 0.3 is 0 Å². The summed E-state index contributed by atoms with van der Waals surface area (Å²) >= 11 is 0. The van der Waals surface area contributed by atoms with E-state index in [0.29, 0.717) is 6.04 Å². The van der Waals surface area contributed by atoms with Crippen LogP contribution in [0.2, 0.25) is 0 Å². The van der Waals surface area contributed by atoms with Crippen LogP contribution < -0.4 is 10.5 Å². The van der Waals surface area contributed by atoms with Crippen LogP contribution in [0.5, 0.6) is 5.75 Å². The number of benzene rings is 1. The molecular formula is C17H28N2O. The molecule has 1 aliphatic rings. The molecule has 1 aromatic rings. The molecule has 20 heavy (non-hydrogen) atoms. The third-order valence-corrected chi connectivity index (χ3v) is 4.49. The van der Waals surface area contributed by atoms with Crippen molar-refractivity contribution in [3.8, 4) is 5.75 Å². The van der Waals surface area contributed by atoms with Crippen molar-refractivity contribution in [2.24, 2.45) is 11.7 Å². The maximum absolute atomic E-state index is 6.45. The van der Waals surface area contributed by atoms with Gasteiger partial charge in [-0.15, -0.1) is 0 Å². The lowest BCUT2D eigenvalue weighted by Crippen LogP contribution is -2.43. The molecule has 1 aromatic carbocycles. The second-order valence-corrected chi connectivity index (χ2v) is 6.33. The Hall–Kier alpha value is -1.06. The van der Waals surface area contributed by atoms with Crippen LogP contribution in [0.3, 0.4) is 0 Å². The van der Waals surface area contributed by atoms with Gasteiger partial charge in [-0.25, -0.2) is 0 Å². The van der Waals surface area contributed by atoms with Crippen LogP contribution in [0, 0.1) is 12.8 Å². The summed E-state index contributed by atoms with van der Waals surface area (Å²) in [6.07, 6.45) is 2.56. The van der Waals surface area contributed by atoms with Gasteiger partial charge in [0, 0.05) is 24.2 Å². The van der Waals surface area contributed by atoms with Gasteiger partial charge in [0.2, 0.25) is 0 Å². The summed E-state index contributed by atoms with van der Waals surface area (Å²) in [5, 5.41) is 0. The van der Waals surface area contributed by atoms with E-state index in [-0.39, 0.29) is 6.04 Å². The minimum Gasteiger partial charge on any atom is -0.496 e. The number of hydrogen-bond donors (Lipinski definition) is 1. The van der Waals surface area contributed by atoms with Gasteiger partial charge in [-0.2, -0.15) is 0 Å². The normalized spacial score (nSPS) is 25.4. The molecule has 0 bridgehead atoms. The van der Waals surface area contributed by atoms with Crippen molar-refractivity contribution < 1.29 is 4.74 Å². The summed E-state index contributed by atoms with van der Waals surface area (Å²) in [5.41, 5.74) is 8.80. The molecule has 1 saturated heterocycles. The average Bonchev–Trinajstić information content (AvgIpc) is 2.41. The molecule has 112 valence electrons. The molecular weight excluding hydrogens is 248 g/mol. The number of piperidine rings is 1. The number of ether oxygens (including phenoxy) is 1. The Balaban J connectivity index is 2.08. The smallest absolute Gasteiger partial charge is 0.123 e. The number of rotatable bonds is 4. The van der Waals surface area contributed by atoms with Gasteiger partial charge in [-0.3, -0.25) is 4.90 Å². The molecule has 3 unspecified atom stereocenters. The first-order valence-electron chi connectivity index (χ1n) is 7.65. The zero-order valence-electron chi connectivity index (χ0n) is 13.2. The third-order valence-electron chi connectivity index (χ3n) is 4.49. The molecule has 1 fully saturated rings. The van der Waals surface area contributed by atoms with Gasteiger partial charge in [-0.05, 0) is 45.2 Å². The topological polar surface area (TPSA) is 38.5 Å². The number of methoxy groups -OCH3 is 1. The number of nitrogens with two attached hydrogens (primary N) is 1. The van der Waals surface area contributed by atoms with Crippen molar-refractivity contribution in [2.75, 3.05) is 20.2 Å². The Morgan fingerprint density at radius 1 is 1.40 bits per heavy atom. The number of hydrogen-bond acceptors (Lipinski definition) is 3. The fourth-order valence-corrected chi connectivity index (χ4v) is 3.22. The second kappa shape index (κ2) is 6.59. The highest BCUT2D eigenvalue weighted by Gasteiger charge is 2.25. The highest BCUT2D eigenvalue weighted by atomic mass is 16.5. The molecule has 0 amide bonds. The van der Waals surface area contributed by atoms with E-state index in [0.717, 1.165) is 30.3 Å². The fraction of sp³-hybridized carbons (Fsp3) is 0.647.